The van der Waals surface area contributed by atoms with E-state index in [1.807, 2.05) is 0 Å². The number of cyclic esters (lactones) is 1. The van der Waals surface area contributed by atoms with Crippen molar-refractivity contribution in [2.45, 2.75) is 38.0 Å². The summed E-state index contributed by atoms with van der Waals surface area (Å²) in [5.74, 6) is -2.30. The summed E-state index contributed by atoms with van der Waals surface area (Å²) in [5, 5.41) is 3.21. The molecule has 0 N–H and O–H groups in total. The summed E-state index contributed by atoms with van der Waals surface area (Å²) < 4.78 is 42.8. The van der Waals surface area contributed by atoms with Crippen LogP contribution in [-0.2, 0) is 16.0 Å². The number of azide groups is 1. The number of carbonyl (C=O) groups is 2. The maximum atomic E-state index is 12.7. The van der Waals surface area contributed by atoms with Crippen LogP contribution in [0.5, 0.6) is 0 Å². The Morgan fingerprint density at radius 2 is 2.08 bits per heavy atom. The highest BCUT2D eigenvalue weighted by Crippen LogP contribution is 2.29. The average Bonchev–Trinajstić information content (AvgIpc) is 2.91. The third-order valence-corrected chi connectivity index (χ3v) is 4.03. The van der Waals surface area contributed by atoms with Crippen molar-refractivity contribution < 1.29 is 27.5 Å². The number of hydrogen-bond acceptors (Lipinski definition) is 4. The Morgan fingerprint density at radius 1 is 1.42 bits per heavy atom. The van der Waals surface area contributed by atoms with Gasteiger partial charge < -0.3 is 4.74 Å². The van der Waals surface area contributed by atoms with Gasteiger partial charge in [0.2, 0.25) is 5.91 Å². The maximum Gasteiger partial charge on any atom is 0.416 e. The highest BCUT2D eigenvalue weighted by molar-refractivity contribution is 5.96. The molecule has 0 spiro atoms. The van der Waals surface area contributed by atoms with Crippen LogP contribution in [0.1, 0.15) is 18.9 Å². The molecule has 1 aromatic rings. The molecule has 0 saturated carbocycles. The Kier molecular flexibility index (Phi) is 6.10. The van der Waals surface area contributed by atoms with Gasteiger partial charge in [0.15, 0.2) is 0 Å². The van der Waals surface area contributed by atoms with Gasteiger partial charge in [0.25, 0.3) is 0 Å². The number of alkyl halides is 3. The zero-order valence-electron chi connectivity index (χ0n) is 13.9. The summed E-state index contributed by atoms with van der Waals surface area (Å²) in [5.41, 5.74) is 9.46. The van der Waals surface area contributed by atoms with Crippen molar-refractivity contribution in [1.82, 2.24) is 4.90 Å². The van der Waals surface area contributed by atoms with Gasteiger partial charge in [0.05, 0.1) is 6.04 Å². The number of carbonyl (C=O) groups excluding carboxylic acids is 2. The van der Waals surface area contributed by atoms with Gasteiger partial charge in [0, 0.05) is 11.3 Å². The monoisotopic (exact) mass is 370 g/mol. The largest absolute Gasteiger partial charge is 0.447 e. The molecule has 3 atom stereocenters. The smallest absolute Gasteiger partial charge is 0.416 e. The lowest BCUT2D eigenvalue weighted by Gasteiger charge is -2.26. The van der Waals surface area contributed by atoms with E-state index in [-0.39, 0.29) is 13.0 Å². The molecule has 10 heteroatoms. The third kappa shape index (κ3) is 4.89. The first-order valence-electron chi connectivity index (χ1n) is 7.87. The lowest BCUT2D eigenvalue weighted by Crippen LogP contribution is -2.47. The SMILES string of the molecule is C[C@H](CC(F)(F)F)[C@H](N=[N+]=[N-])C(=O)N1C(=O)OC[C@@H]1Cc1ccccc1. The van der Waals surface area contributed by atoms with Crippen LogP contribution in [0.3, 0.4) is 0 Å². The van der Waals surface area contributed by atoms with E-state index in [1.165, 1.54) is 0 Å². The number of amides is 2. The molecule has 1 saturated heterocycles. The summed E-state index contributed by atoms with van der Waals surface area (Å²) in [6, 6.07) is 6.64. The van der Waals surface area contributed by atoms with Crippen molar-refractivity contribution in [3.8, 4) is 0 Å². The lowest BCUT2D eigenvalue weighted by molar-refractivity contribution is -0.148. The Hall–Kier alpha value is -2.74. The highest BCUT2D eigenvalue weighted by atomic mass is 19.4. The number of benzene rings is 1. The fraction of sp³-hybridized carbons (Fsp3) is 0.500. The van der Waals surface area contributed by atoms with Gasteiger partial charge in [-0.15, -0.1) is 0 Å². The molecule has 0 radical (unpaired) electrons. The number of ether oxygens (including phenoxy) is 1. The molecular formula is C16H17F3N4O3. The minimum absolute atomic E-state index is 0.0733. The van der Waals surface area contributed by atoms with Crippen molar-refractivity contribution >= 4 is 12.0 Å². The first kappa shape index (κ1) is 19.6. The van der Waals surface area contributed by atoms with Crippen LogP contribution in [0.2, 0.25) is 0 Å². The minimum Gasteiger partial charge on any atom is -0.447 e. The number of imide groups is 1. The predicted octanol–water partition coefficient (Wildman–Crippen LogP) is 3.84. The molecule has 0 aliphatic carbocycles. The van der Waals surface area contributed by atoms with Gasteiger partial charge in [-0.25, -0.2) is 9.69 Å². The standard InChI is InChI=1S/C16H17F3N4O3/c1-10(8-16(17,18)19)13(21-22-20)14(24)23-12(9-26-15(23)25)7-11-5-3-2-4-6-11/h2-6,10,12-13H,7-9H2,1H3/t10-,12+,13+/m1/s1. The van der Waals surface area contributed by atoms with E-state index < -0.39 is 42.6 Å². The average molecular weight is 370 g/mol. The van der Waals surface area contributed by atoms with E-state index in [2.05, 4.69) is 10.0 Å². The molecule has 2 rings (SSSR count). The molecular weight excluding hydrogens is 353 g/mol. The van der Waals surface area contributed by atoms with Crippen LogP contribution in [-0.4, -0.2) is 41.8 Å². The lowest BCUT2D eigenvalue weighted by atomic mass is 9.96. The predicted molar refractivity (Wildman–Crippen MR) is 84.9 cm³/mol. The van der Waals surface area contributed by atoms with Crippen LogP contribution < -0.4 is 0 Å². The first-order chi connectivity index (χ1) is 12.2. The number of rotatable bonds is 6. The van der Waals surface area contributed by atoms with Crippen molar-refractivity contribution in [2.24, 2.45) is 11.0 Å². The van der Waals surface area contributed by atoms with Crippen LogP contribution in [0.4, 0.5) is 18.0 Å². The topological polar surface area (TPSA) is 95.4 Å². The summed E-state index contributed by atoms with van der Waals surface area (Å²) in [7, 11) is 0. The maximum absolute atomic E-state index is 12.7. The number of halogens is 3. The molecule has 2 amide bonds. The fourth-order valence-corrected chi connectivity index (χ4v) is 2.85. The fourth-order valence-electron chi connectivity index (χ4n) is 2.85. The summed E-state index contributed by atoms with van der Waals surface area (Å²) in [6.07, 6.45) is -6.50. The van der Waals surface area contributed by atoms with Gasteiger partial charge >= 0.3 is 12.3 Å². The molecule has 140 valence electrons. The Labute approximate surface area is 147 Å². The molecule has 0 aromatic heterocycles. The second-order valence-corrected chi connectivity index (χ2v) is 6.08. The van der Waals surface area contributed by atoms with Crippen molar-refractivity contribution in [3.63, 3.8) is 0 Å². The summed E-state index contributed by atoms with van der Waals surface area (Å²) >= 11 is 0. The van der Waals surface area contributed by atoms with Gasteiger partial charge in [-0.3, -0.25) is 4.79 Å². The molecule has 1 fully saturated rings. The van der Waals surface area contributed by atoms with Crippen molar-refractivity contribution in [3.05, 3.63) is 46.3 Å². The first-order valence-corrected chi connectivity index (χ1v) is 7.87. The third-order valence-electron chi connectivity index (χ3n) is 4.03. The number of nitrogens with zero attached hydrogens (tertiary/aromatic N) is 4. The normalized spacial score (nSPS) is 19.5. The molecule has 1 aromatic carbocycles. The van der Waals surface area contributed by atoms with Crippen molar-refractivity contribution in [1.29, 1.82) is 0 Å². The van der Waals surface area contributed by atoms with Crippen LogP contribution in [0.25, 0.3) is 10.4 Å². The molecule has 1 aliphatic rings. The molecule has 1 heterocycles. The molecule has 0 bridgehead atoms. The van der Waals surface area contributed by atoms with E-state index in [0.717, 1.165) is 17.4 Å². The van der Waals surface area contributed by atoms with E-state index >= 15 is 0 Å². The minimum atomic E-state index is -4.53. The number of hydrogen-bond donors (Lipinski definition) is 0. The van der Waals surface area contributed by atoms with Crippen LogP contribution >= 0.6 is 0 Å². The zero-order chi connectivity index (χ0) is 19.3. The molecule has 26 heavy (non-hydrogen) atoms. The summed E-state index contributed by atoms with van der Waals surface area (Å²) in [4.78, 5) is 27.9. The second-order valence-electron chi connectivity index (χ2n) is 6.08. The van der Waals surface area contributed by atoms with Gasteiger partial charge in [0.1, 0.15) is 12.6 Å². The molecule has 1 aliphatic heterocycles. The zero-order valence-corrected chi connectivity index (χ0v) is 13.9. The van der Waals surface area contributed by atoms with Gasteiger partial charge in [-0.05, 0) is 23.4 Å². The van der Waals surface area contributed by atoms with Gasteiger partial charge in [-0.2, -0.15) is 13.2 Å². The second kappa shape index (κ2) is 8.09. The van der Waals surface area contributed by atoms with Crippen molar-refractivity contribution in [2.75, 3.05) is 6.61 Å². The van der Waals surface area contributed by atoms with E-state index in [9.17, 15) is 22.8 Å². The van der Waals surface area contributed by atoms with E-state index in [0.29, 0.717) is 0 Å². The molecule has 7 nitrogen and oxygen atoms in total. The van der Waals surface area contributed by atoms with E-state index in [4.69, 9.17) is 10.3 Å². The van der Waals surface area contributed by atoms with E-state index in [1.54, 1.807) is 30.3 Å². The Bertz CT molecular complexity index is 704. The Balaban J connectivity index is 2.21. The highest BCUT2D eigenvalue weighted by Gasteiger charge is 2.44. The quantitative estimate of drug-likeness (QED) is 0.432. The Morgan fingerprint density at radius 3 is 2.65 bits per heavy atom. The van der Waals surface area contributed by atoms with Gasteiger partial charge in [-0.1, -0.05) is 42.4 Å². The van der Waals surface area contributed by atoms with Crippen LogP contribution in [0.15, 0.2) is 35.4 Å². The van der Waals surface area contributed by atoms with Crippen LogP contribution in [0, 0.1) is 5.92 Å². The molecule has 0 unspecified atom stereocenters. The summed E-state index contributed by atoms with van der Waals surface area (Å²) in [6.45, 7) is 1.08.